The minimum absolute atomic E-state index is 0.486. The van der Waals surface area contributed by atoms with Crippen molar-refractivity contribution in [3.63, 3.8) is 0 Å². The molecule has 0 atom stereocenters. The predicted molar refractivity (Wildman–Crippen MR) is 78.5 cm³/mol. The number of rotatable bonds is 5. The average molecular weight is 261 g/mol. The first-order valence-corrected chi connectivity index (χ1v) is 7.02. The van der Waals surface area contributed by atoms with Crippen molar-refractivity contribution >= 4 is 5.57 Å². The van der Waals surface area contributed by atoms with Crippen LogP contribution in [0.3, 0.4) is 0 Å². The Balaban J connectivity index is 2.24. The monoisotopic (exact) mass is 261 g/mol. The van der Waals surface area contributed by atoms with Crippen molar-refractivity contribution in [3.05, 3.63) is 29.8 Å². The first-order chi connectivity index (χ1) is 9.22. The highest BCUT2D eigenvalue weighted by Gasteiger charge is 2.14. The number of fused-ring (bicyclic) bond motifs is 1. The van der Waals surface area contributed by atoms with E-state index in [2.05, 4.69) is 32.1 Å². The molecule has 1 heterocycles. The topological polar surface area (TPSA) is 44.5 Å². The van der Waals surface area contributed by atoms with Gasteiger partial charge in [-0.2, -0.15) is 0 Å². The largest absolute Gasteiger partial charge is 0.486 e. The van der Waals surface area contributed by atoms with Gasteiger partial charge in [0.15, 0.2) is 11.5 Å². The number of nitrogens with two attached hydrogens (primary N) is 1. The van der Waals surface area contributed by atoms with Gasteiger partial charge in [-0.05, 0) is 48.6 Å². The summed E-state index contributed by atoms with van der Waals surface area (Å²) in [6, 6.07) is 6.20. The van der Waals surface area contributed by atoms with E-state index in [0.29, 0.717) is 19.1 Å². The molecule has 0 aliphatic carbocycles. The van der Waals surface area contributed by atoms with Crippen LogP contribution in [-0.4, -0.2) is 19.8 Å². The summed E-state index contributed by atoms with van der Waals surface area (Å²) < 4.78 is 11.2. The molecule has 104 valence electrons. The minimum atomic E-state index is 0.486. The molecule has 0 saturated carbocycles. The summed E-state index contributed by atoms with van der Waals surface area (Å²) in [6.45, 7) is 6.43. The van der Waals surface area contributed by atoms with Crippen molar-refractivity contribution in [1.29, 1.82) is 0 Å². The lowest BCUT2D eigenvalue weighted by atomic mass is 9.93. The Bertz CT molecular complexity index is 452. The molecule has 0 aromatic heterocycles. The van der Waals surface area contributed by atoms with Gasteiger partial charge in [0, 0.05) is 0 Å². The second-order valence-electron chi connectivity index (χ2n) is 5.10. The van der Waals surface area contributed by atoms with Gasteiger partial charge in [0.25, 0.3) is 0 Å². The van der Waals surface area contributed by atoms with Crippen LogP contribution >= 0.6 is 0 Å². The zero-order valence-electron chi connectivity index (χ0n) is 11.8. The molecular formula is C16H23NO2. The standard InChI is InChI=1S/C16H23NO2/c1-12(2)14(5-3-4-8-17)13-6-7-15-16(11-13)19-10-9-18-15/h5-7,11-12H,3-4,8-10,17H2,1-2H3/b14-5+. The molecule has 3 heteroatoms. The van der Waals surface area contributed by atoms with Crippen LogP contribution in [0.5, 0.6) is 11.5 Å². The maximum Gasteiger partial charge on any atom is 0.161 e. The van der Waals surface area contributed by atoms with Crippen molar-refractivity contribution in [3.8, 4) is 11.5 Å². The van der Waals surface area contributed by atoms with Crippen LogP contribution < -0.4 is 15.2 Å². The summed E-state index contributed by atoms with van der Waals surface area (Å²) in [5.41, 5.74) is 8.13. The van der Waals surface area contributed by atoms with E-state index in [0.717, 1.165) is 30.9 Å². The van der Waals surface area contributed by atoms with Crippen molar-refractivity contribution in [2.75, 3.05) is 19.8 Å². The van der Waals surface area contributed by atoms with Crippen molar-refractivity contribution in [2.24, 2.45) is 11.7 Å². The molecule has 0 saturated heterocycles. The normalized spacial score (nSPS) is 14.8. The highest BCUT2D eigenvalue weighted by molar-refractivity contribution is 5.69. The van der Waals surface area contributed by atoms with Crippen molar-refractivity contribution in [1.82, 2.24) is 0 Å². The first kappa shape index (κ1) is 13.9. The fourth-order valence-electron chi connectivity index (χ4n) is 2.29. The van der Waals surface area contributed by atoms with Crippen LogP contribution in [0, 0.1) is 5.92 Å². The highest BCUT2D eigenvalue weighted by atomic mass is 16.6. The fourth-order valence-corrected chi connectivity index (χ4v) is 2.29. The number of unbranched alkanes of at least 4 members (excludes halogenated alkanes) is 1. The van der Waals surface area contributed by atoms with Crippen LogP contribution in [0.15, 0.2) is 24.3 Å². The summed E-state index contributed by atoms with van der Waals surface area (Å²) in [5, 5.41) is 0. The third-order valence-electron chi connectivity index (χ3n) is 3.27. The smallest absolute Gasteiger partial charge is 0.161 e. The van der Waals surface area contributed by atoms with Gasteiger partial charge in [-0.1, -0.05) is 26.0 Å². The zero-order valence-corrected chi connectivity index (χ0v) is 11.8. The number of allylic oxidation sites excluding steroid dienone is 2. The lowest BCUT2D eigenvalue weighted by Gasteiger charge is -2.20. The molecule has 0 bridgehead atoms. The molecule has 1 aliphatic heterocycles. The summed E-state index contributed by atoms with van der Waals surface area (Å²) in [5.74, 6) is 2.19. The van der Waals surface area contributed by atoms with Gasteiger partial charge in [-0.15, -0.1) is 0 Å². The fraction of sp³-hybridized carbons (Fsp3) is 0.500. The quantitative estimate of drug-likeness (QED) is 0.828. The zero-order chi connectivity index (χ0) is 13.7. The number of ether oxygens (including phenoxy) is 2. The van der Waals surface area contributed by atoms with Crippen LogP contribution in [0.2, 0.25) is 0 Å². The summed E-state index contributed by atoms with van der Waals surface area (Å²) >= 11 is 0. The number of hydrogen-bond acceptors (Lipinski definition) is 3. The summed E-state index contributed by atoms with van der Waals surface area (Å²) in [6.07, 6.45) is 4.35. The molecule has 0 spiro atoms. The molecule has 0 amide bonds. The lowest BCUT2D eigenvalue weighted by Crippen LogP contribution is -2.15. The van der Waals surface area contributed by atoms with E-state index in [1.54, 1.807) is 0 Å². The Morgan fingerprint density at radius 1 is 1.26 bits per heavy atom. The van der Waals surface area contributed by atoms with E-state index >= 15 is 0 Å². The van der Waals surface area contributed by atoms with Crippen LogP contribution in [0.25, 0.3) is 5.57 Å². The van der Waals surface area contributed by atoms with Crippen LogP contribution in [-0.2, 0) is 0 Å². The minimum Gasteiger partial charge on any atom is -0.486 e. The maximum atomic E-state index is 5.65. The summed E-state index contributed by atoms with van der Waals surface area (Å²) in [4.78, 5) is 0. The molecular weight excluding hydrogens is 238 g/mol. The van der Waals surface area contributed by atoms with Gasteiger partial charge in [0.1, 0.15) is 13.2 Å². The molecule has 0 radical (unpaired) electrons. The highest BCUT2D eigenvalue weighted by Crippen LogP contribution is 2.34. The Labute approximate surface area is 115 Å². The van der Waals surface area contributed by atoms with Crippen molar-refractivity contribution < 1.29 is 9.47 Å². The molecule has 3 nitrogen and oxygen atoms in total. The maximum absolute atomic E-state index is 5.65. The van der Waals surface area contributed by atoms with E-state index in [-0.39, 0.29) is 0 Å². The molecule has 1 aliphatic rings. The van der Waals surface area contributed by atoms with E-state index in [9.17, 15) is 0 Å². The van der Waals surface area contributed by atoms with Gasteiger partial charge in [-0.3, -0.25) is 0 Å². The predicted octanol–water partition coefficient (Wildman–Crippen LogP) is 3.24. The van der Waals surface area contributed by atoms with Crippen molar-refractivity contribution in [2.45, 2.75) is 26.7 Å². The first-order valence-electron chi connectivity index (χ1n) is 7.02. The lowest BCUT2D eigenvalue weighted by molar-refractivity contribution is 0.171. The second-order valence-corrected chi connectivity index (χ2v) is 5.10. The number of benzene rings is 1. The molecule has 1 aromatic rings. The molecule has 1 aromatic carbocycles. The third-order valence-corrected chi connectivity index (χ3v) is 3.27. The van der Waals surface area contributed by atoms with E-state index < -0.39 is 0 Å². The molecule has 2 N–H and O–H groups in total. The van der Waals surface area contributed by atoms with Gasteiger partial charge in [0.2, 0.25) is 0 Å². The molecule has 2 rings (SSSR count). The second kappa shape index (κ2) is 6.62. The SMILES string of the molecule is CC(C)/C(=C\CCCN)c1ccc2c(c1)OCCO2. The molecule has 19 heavy (non-hydrogen) atoms. The van der Waals surface area contributed by atoms with Crippen LogP contribution in [0.1, 0.15) is 32.3 Å². The third kappa shape index (κ3) is 3.51. The van der Waals surface area contributed by atoms with Gasteiger partial charge in [0.05, 0.1) is 0 Å². The van der Waals surface area contributed by atoms with Gasteiger partial charge in [-0.25, -0.2) is 0 Å². The Kier molecular flexibility index (Phi) is 4.86. The number of hydrogen-bond donors (Lipinski definition) is 1. The Morgan fingerprint density at radius 3 is 2.68 bits per heavy atom. The van der Waals surface area contributed by atoms with Gasteiger partial charge >= 0.3 is 0 Å². The Morgan fingerprint density at radius 2 is 2.00 bits per heavy atom. The summed E-state index contributed by atoms with van der Waals surface area (Å²) in [7, 11) is 0. The molecule has 0 unspecified atom stereocenters. The van der Waals surface area contributed by atoms with E-state index in [4.69, 9.17) is 15.2 Å². The Hall–Kier alpha value is -1.48. The van der Waals surface area contributed by atoms with E-state index in [1.807, 2.05) is 6.07 Å². The van der Waals surface area contributed by atoms with E-state index in [1.165, 1.54) is 11.1 Å². The average Bonchev–Trinajstić information content (AvgIpc) is 2.43. The van der Waals surface area contributed by atoms with Crippen LogP contribution in [0.4, 0.5) is 0 Å². The van der Waals surface area contributed by atoms with Gasteiger partial charge < -0.3 is 15.2 Å². The molecule has 0 fully saturated rings.